The van der Waals surface area contributed by atoms with Gasteiger partial charge in [-0.3, -0.25) is 4.79 Å². The number of rotatable bonds is 5. The second kappa shape index (κ2) is 8.27. The minimum atomic E-state index is -4.63. The summed E-state index contributed by atoms with van der Waals surface area (Å²) in [5.41, 5.74) is -0.938. The van der Waals surface area contributed by atoms with Crippen LogP contribution in [0.15, 0.2) is 36.4 Å². The average Bonchev–Trinajstić information content (AvgIpc) is 2.56. The summed E-state index contributed by atoms with van der Waals surface area (Å²) in [4.78, 5) is 13.8. The van der Waals surface area contributed by atoms with Crippen molar-refractivity contribution in [2.24, 2.45) is 0 Å². The molecule has 1 amide bonds. The van der Waals surface area contributed by atoms with Crippen molar-refractivity contribution in [2.75, 3.05) is 24.3 Å². The van der Waals surface area contributed by atoms with E-state index in [2.05, 4.69) is 5.32 Å². The van der Waals surface area contributed by atoms with Crippen LogP contribution in [0.1, 0.15) is 12.5 Å². The van der Waals surface area contributed by atoms with Crippen LogP contribution in [0.2, 0.25) is 10.0 Å². The predicted octanol–water partition coefficient (Wildman–Crippen LogP) is 5.48. The lowest BCUT2D eigenvalue weighted by Gasteiger charge is -2.20. The molecule has 0 bridgehead atoms. The summed E-state index contributed by atoms with van der Waals surface area (Å²) < 4.78 is 45.5. The van der Waals surface area contributed by atoms with Crippen molar-refractivity contribution in [3.63, 3.8) is 0 Å². The van der Waals surface area contributed by atoms with Crippen molar-refractivity contribution in [2.45, 2.75) is 19.2 Å². The highest BCUT2D eigenvalue weighted by molar-refractivity contribution is 6.35. The van der Waals surface area contributed by atoms with Crippen LogP contribution >= 0.6 is 23.2 Å². The van der Waals surface area contributed by atoms with Crippen molar-refractivity contribution in [3.8, 4) is 5.75 Å². The van der Waals surface area contributed by atoms with Crippen LogP contribution in [0.5, 0.6) is 5.75 Å². The second-order valence-electron chi connectivity index (χ2n) is 5.95. The molecule has 0 saturated carbocycles. The Bertz CT molecular complexity index is 842. The van der Waals surface area contributed by atoms with E-state index in [9.17, 15) is 18.0 Å². The number of ether oxygens (including phenoxy) is 1. The molecule has 0 aromatic heterocycles. The lowest BCUT2D eigenvalue weighted by molar-refractivity contribution is -0.137. The minimum Gasteiger partial charge on any atom is -0.479 e. The lowest BCUT2D eigenvalue weighted by atomic mass is 10.1. The summed E-state index contributed by atoms with van der Waals surface area (Å²) in [6, 6.07) is 8.09. The number of hydrogen-bond donors (Lipinski definition) is 1. The zero-order valence-corrected chi connectivity index (χ0v) is 16.2. The molecule has 2 aromatic carbocycles. The van der Waals surface area contributed by atoms with Crippen LogP contribution in [-0.2, 0) is 11.0 Å². The SMILES string of the molecule is CC(Oc1ccc(Cl)cc1Cl)C(=O)Nc1ccc(N(C)C)cc1C(F)(F)F. The third-order valence-electron chi connectivity index (χ3n) is 3.65. The van der Waals surface area contributed by atoms with Gasteiger partial charge in [0, 0.05) is 24.8 Å². The highest BCUT2D eigenvalue weighted by atomic mass is 35.5. The lowest BCUT2D eigenvalue weighted by Crippen LogP contribution is -2.31. The molecular formula is C18H17Cl2F3N2O2. The molecule has 0 aliphatic rings. The Kier molecular flexibility index (Phi) is 6.49. The minimum absolute atomic E-state index is 0.188. The Hall–Kier alpha value is -2.12. The number of halogens is 5. The van der Waals surface area contributed by atoms with Gasteiger partial charge in [0.05, 0.1) is 16.3 Å². The van der Waals surface area contributed by atoms with Crippen molar-refractivity contribution in [1.82, 2.24) is 0 Å². The number of amides is 1. The van der Waals surface area contributed by atoms with Gasteiger partial charge in [0.2, 0.25) is 0 Å². The molecule has 2 aromatic rings. The number of anilines is 2. The first kappa shape index (κ1) is 21.2. The largest absolute Gasteiger partial charge is 0.479 e. The average molecular weight is 421 g/mol. The van der Waals surface area contributed by atoms with Gasteiger partial charge in [-0.2, -0.15) is 13.2 Å². The highest BCUT2D eigenvalue weighted by Gasteiger charge is 2.35. The van der Waals surface area contributed by atoms with E-state index in [0.29, 0.717) is 10.7 Å². The molecule has 0 heterocycles. The zero-order valence-electron chi connectivity index (χ0n) is 14.7. The standard InChI is InChI=1S/C18H17Cl2F3N2O2/c1-10(27-16-7-4-11(19)8-14(16)20)17(26)24-15-6-5-12(25(2)3)9-13(15)18(21,22)23/h4-10H,1-3H3,(H,24,26). The molecule has 1 unspecified atom stereocenters. The fourth-order valence-electron chi connectivity index (χ4n) is 2.20. The molecule has 27 heavy (non-hydrogen) atoms. The fourth-order valence-corrected chi connectivity index (χ4v) is 2.66. The van der Waals surface area contributed by atoms with Gasteiger partial charge in [0.1, 0.15) is 5.75 Å². The Morgan fingerprint density at radius 3 is 2.37 bits per heavy atom. The first-order valence-corrected chi connectivity index (χ1v) is 8.55. The van der Waals surface area contributed by atoms with Crippen molar-refractivity contribution in [3.05, 3.63) is 52.0 Å². The smallest absolute Gasteiger partial charge is 0.418 e. The molecule has 0 aliphatic carbocycles. The topological polar surface area (TPSA) is 41.6 Å². The van der Waals surface area contributed by atoms with E-state index in [1.807, 2.05) is 0 Å². The van der Waals surface area contributed by atoms with Gasteiger partial charge in [0.15, 0.2) is 6.10 Å². The first-order chi connectivity index (χ1) is 12.5. The van der Waals surface area contributed by atoms with Crippen LogP contribution in [0, 0.1) is 0 Å². The Morgan fingerprint density at radius 1 is 1.15 bits per heavy atom. The summed E-state index contributed by atoms with van der Waals surface area (Å²) in [5, 5.41) is 2.84. The van der Waals surface area contributed by atoms with Gasteiger partial charge >= 0.3 is 6.18 Å². The highest BCUT2D eigenvalue weighted by Crippen LogP contribution is 2.37. The van der Waals surface area contributed by atoms with Crippen LogP contribution < -0.4 is 15.0 Å². The van der Waals surface area contributed by atoms with Crippen LogP contribution in [0.25, 0.3) is 0 Å². The maximum Gasteiger partial charge on any atom is 0.418 e. The number of alkyl halides is 3. The number of nitrogens with one attached hydrogen (secondary N) is 1. The molecular weight excluding hydrogens is 404 g/mol. The maximum absolute atomic E-state index is 13.3. The van der Waals surface area contributed by atoms with Gasteiger partial charge in [-0.25, -0.2) is 0 Å². The number of hydrogen-bond acceptors (Lipinski definition) is 3. The van der Waals surface area contributed by atoms with E-state index in [4.69, 9.17) is 27.9 Å². The number of nitrogens with zero attached hydrogens (tertiary/aromatic N) is 1. The Morgan fingerprint density at radius 2 is 1.81 bits per heavy atom. The predicted molar refractivity (Wildman–Crippen MR) is 101 cm³/mol. The van der Waals surface area contributed by atoms with E-state index in [1.165, 1.54) is 42.2 Å². The number of carbonyl (C=O) groups excluding carboxylic acids is 1. The van der Waals surface area contributed by atoms with Crippen LogP contribution in [0.4, 0.5) is 24.5 Å². The molecule has 0 fully saturated rings. The second-order valence-corrected chi connectivity index (χ2v) is 6.79. The zero-order chi connectivity index (χ0) is 20.4. The van der Waals surface area contributed by atoms with E-state index in [-0.39, 0.29) is 16.5 Å². The van der Waals surface area contributed by atoms with Crippen molar-refractivity contribution >= 4 is 40.5 Å². The summed E-state index contributed by atoms with van der Waals surface area (Å²) in [5.74, 6) is -0.549. The number of carbonyl (C=O) groups is 1. The van der Waals surface area contributed by atoms with Gasteiger partial charge < -0.3 is 15.0 Å². The summed E-state index contributed by atoms with van der Waals surface area (Å²) in [6.07, 6.45) is -5.71. The number of benzene rings is 2. The van der Waals surface area contributed by atoms with Gasteiger partial charge in [-0.1, -0.05) is 23.2 Å². The van der Waals surface area contributed by atoms with E-state index in [0.717, 1.165) is 6.07 Å². The molecule has 0 aliphatic heterocycles. The summed E-state index contributed by atoms with van der Waals surface area (Å²) in [7, 11) is 3.25. The van der Waals surface area contributed by atoms with E-state index >= 15 is 0 Å². The summed E-state index contributed by atoms with van der Waals surface area (Å²) >= 11 is 11.8. The molecule has 0 spiro atoms. The monoisotopic (exact) mass is 420 g/mol. The molecule has 1 N–H and O–H groups in total. The summed E-state index contributed by atoms with van der Waals surface area (Å²) in [6.45, 7) is 1.40. The molecule has 0 saturated heterocycles. The molecule has 146 valence electrons. The van der Waals surface area contributed by atoms with Crippen LogP contribution in [-0.4, -0.2) is 26.1 Å². The van der Waals surface area contributed by atoms with E-state index < -0.39 is 23.8 Å². The first-order valence-electron chi connectivity index (χ1n) is 7.80. The van der Waals surface area contributed by atoms with Gasteiger partial charge in [-0.05, 0) is 43.3 Å². The quantitative estimate of drug-likeness (QED) is 0.695. The maximum atomic E-state index is 13.3. The third kappa shape index (κ3) is 5.43. The third-order valence-corrected chi connectivity index (χ3v) is 4.18. The van der Waals surface area contributed by atoms with Gasteiger partial charge in [0.25, 0.3) is 5.91 Å². The van der Waals surface area contributed by atoms with E-state index in [1.54, 1.807) is 14.1 Å². The molecule has 0 radical (unpaired) electrons. The fraction of sp³-hybridized carbons (Fsp3) is 0.278. The molecule has 2 rings (SSSR count). The molecule has 9 heteroatoms. The normalized spacial score (nSPS) is 12.4. The van der Waals surface area contributed by atoms with Crippen molar-refractivity contribution < 1.29 is 22.7 Å². The molecule has 1 atom stereocenters. The van der Waals surface area contributed by atoms with Crippen LogP contribution in [0.3, 0.4) is 0 Å². The van der Waals surface area contributed by atoms with Crippen molar-refractivity contribution in [1.29, 1.82) is 0 Å². The molecule has 4 nitrogen and oxygen atoms in total. The Labute approximate surface area is 164 Å². The van der Waals surface area contributed by atoms with Gasteiger partial charge in [-0.15, -0.1) is 0 Å². The Balaban J connectivity index is 2.21.